The fraction of sp³-hybridized carbons (Fsp3) is 0.765. The second-order valence-electron chi connectivity index (χ2n) is 6.84. The van der Waals surface area contributed by atoms with Crippen molar-refractivity contribution in [3.63, 3.8) is 0 Å². The van der Waals surface area contributed by atoms with Gasteiger partial charge in [0, 0.05) is 30.3 Å². The molecule has 3 N–H and O–H groups in total. The molecule has 0 radical (unpaired) electrons. The molecule has 23 heavy (non-hydrogen) atoms. The van der Waals surface area contributed by atoms with E-state index in [0.29, 0.717) is 12.6 Å². The normalized spacial score (nSPS) is 24.8. The molecule has 1 aromatic rings. The highest BCUT2D eigenvalue weighted by atomic mass is 16.5. The largest absolute Gasteiger partial charge is 0.378 e. The van der Waals surface area contributed by atoms with E-state index in [1.165, 1.54) is 24.8 Å². The first kappa shape index (κ1) is 16.3. The van der Waals surface area contributed by atoms with E-state index in [1.807, 2.05) is 20.0 Å². The third-order valence-corrected chi connectivity index (χ3v) is 5.59. The molecule has 2 fully saturated rings. The van der Waals surface area contributed by atoms with Crippen LogP contribution in [0.1, 0.15) is 50.3 Å². The summed E-state index contributed by atoms with van der Waals surface area (Å²) in [5, 5.41) is 13.1. The number of nitrogens with zero attached hydrogens (tertiary/aromatic N) is 1. The van der Waals surface area contributed by atoms with E-state index in [-0.39, 0.29) is 17.5 Å². The maximum Gasteiger partial charge on any atom is 0.315 e. The summed E-state index contributed by atoms with van der Waals surface area (Å²) >= 11 is 0. The average Bonchev–Trinajstić information content (AvgIpc) is 2.86. The van der Waals surface area contributed by atoms with E-state index in [4.69, 9.17) is 4.74 Å². The summed E-state index contributed by atoms with van der Waals surface area (Å²) < 4.78 is 5.82. The smallest absolute Gasteiger partial charge is 0.315 e. The van der Waals surface area contributed by atoms with Gasteiger partial charge in [0.2, 0.25) is 0 Å². The van der Waals surface area contributed by atoms with Crippen LogP contribution in [0, 0.1) is 12.3 Å². The molecule has 6 nitrogen and oxygen atoms in total. The number of H-pyrrole nitrogens is 1. The van der Waals surface area contributed by atoms with Crippen molar-refractivity contribution in [1.29, 1.82) is 0 Å². The zero-order valence-corrected chi connectivity index (χ0v) is 14.2. The third kappa shape index (κ3) is 3.22. The third-order valence-electron chi connectivity index (χ3n) is 5.59. The predicted molar refractivity (Wildman–Crippen MR) is 88.3 cm³/mol. The molecule has 2 atom stereocenters. The van der Waals surface area contributed by atoms with Gasteiger partial charge < -0.3 is 15.4 Å². The van der Waals surface area contributed by atoms with Gasteiger partial charge in [0.15, 0.2) is 0 Å². The van der Waals surface area contributed by atoms with Gasteiger partial charge in [-0.2, -0.15) is 5.10 Å². The number of aryl methyl sites for hydroxylation is 2. The number of hydrogen-bond acceptors (Lipinski definition) is 3. The van der Waals surface area contributed by atoms with Crippen LogP contribution in [0.2, 0.25) is 0 Å². The summed E-state index contributed by atoms with van der Waals surface area (Å²) in [6, 6.07) is 0.240. The van der Waals surface area contributed by atoms with Gasteiger partial charge in [-0.25, -0.2) is 4.79 Å². The Bertz CT molecular complexity index is 538. The number of hydrogen-bond donors (Lipinski definition) is 3. The van der Waals surface area contributed by atoms with Gasteiger partial charge in [0.1, 0.15) is 0 Å². The first-order chi connectivity index (χ1) is 11.2. The van der Waals surface area contributed by atoms with E-state index < -0.39 is 0 Å². The molecular weight excluding hydrogens is 292 g/mol. The molecule has 2 saturated carbocycles. The Morgan fingerprint density at radius 3 is 2.96 bits per heavy atom. The molecule has 2 amide bonds. The number of rotatable bonds is 7. The lowest BCUT2D eigenvalue weighted by molar-refractivity contribution is -0.169. The van der Waals surface area contributed by atoms with Crippen molar-refractivity contribution in [2.75, 3.05) is 13.2 Å². The van der Waals surface area contributed by atoms with E-state index >= 15 is 0 Å². The number of aromatic amines is 1. The maximum atomic E-state index is 12.1. The minimum absolute atomic E-state index is 0.0415. The molecule has 1 spiro atoms. The summed E-state index contributed by atoms with van der Waals surface area (Å²) in [5.41, 5.74) is 2.55. The van der Waals surface area contributed by atoms with Crippen LogP contribution in [-0.2, 0) is 11.2 Å². The van der Waals surface area contributed by atoms with E-state index in [9.17, 15) is 4.79 Å². The van der Waals surface area contributed by atoms with Crippen molar-refractivity contribution in [1.82, 2.24) is 20.8 Å². The number of nitrogens with one attached hydrogen (secondary N) is 3. The van der Waals surface area contributed by atoms with Crippen molar-refractivity contribution in [2.45, 2.75) is 64.5 Å². The van der Waals surface area contributed by atoms with Crippen molar-refractivity contribution in [3.8, 4) is 0 Å². The molecule has 1 aromatic heterocycles. The van der Waals surface area contributed by atoms with Crippen LogP contribution < -0.4 is 10.6 Å². The summed E-state index contributed by atoms with van der Waals surface area (Å²) in [5.74, 6) is 0. The fourth-order valence-corrected chi connectivity index (χ4v) is 3.96. The summed E-state index contributed by atoms with van der Waals surface area (Å²) in [6.07, 6.45) is 8.63. The Labute approximate surface area is 137 Å². The molecule has 128 valence electrons. The first-order valence-corrected chi connectivity index (χ1v) is 8.80. The topological polar surface area (TPSA) is 79.0 Å². The molecule has 2 aliphatic rings. The van der Waals surface area contributed by atoms with Gasteiger partial charge in [-0.05, 0) is 51.5 Å². The number of amides is 2. The summed E-state index contributed by atoms with van der Waals surface area (Å²) in [6.45, 7) is 5.51. The summed E-state index contributed by atoms with van der Waals surface area (Å²) in [4.78, 5) is 12.1. The molecular formula is C17H28N4O2. The van der Waals surface area contributed by atoms with Gasteiger partial charge in [0.25, 0.3) is 0 Å². The van der Waals surface area contributed by atoms with Gasteiger partial charge in [-0.15, -0.1) is 0 Å². The molecule has 0 bridgehead atoms. The van der Waals surface area contributed by atoms with Crippen LogP contribution in [0.3, 0.4) is 0 Å². The number of carbonyl (C=O) groups is 1. The number of aromatic nitrogens is 2. The van der Waals surface area contributed by atoms with Gasteiger partial charge in [-0.1, -0.05) is 6.42 Å². The summed E-state index contributed by atoms with van der Waals surface area (Å²) in [7, 11) is 0. The highest BCUT2D eigenvalue weighted by Crippen LogP contribution is 2.57. The average molecular weight is 320 g/mol. The number of carbonyl (C=O) groups excluding carboxylic acids is 1. The van der Waals surface area contributed by atoms with Gasteiger partial charge >= 0.3 is 6.03 Å². The monoisotopic (exact) mass is 320 g/mol. The van der Waals surface area contributed by atoms with Crippen LogP contribution in [-0.4, -0.2) is 41.5 Å². The first-order valence-electron chi connectivity index (χ1n) is 8.80. The molecule has 0 aromatic carbocycles. The van der Waals surface area contributed by atoms with Crippen LogP contribution >= 0.6 is 0 Å². The molecule has 2 aliphatic carbocycles. The second kappa shape index (κ2) is 6.91. The zero-order chi connectivity index (χ0) is 16.3. The van der Waals surface area contributed by atoms with Crippen LogP contribution in [0.4, 0.5) is 4.79 Å². The minimum atomic E-state index is -0.0415. The maximum absolute atomic E-state index is 12.1. The number of urea groups is 1. The highest BCUT2D eigenvalue weighted by Gasteiger charge is 2.59. The highest BCUT2D eigenvalue weighted by molar-refractivity contribution is 5.74. The van der Waals surface area contributed by atoms with E-state index in [2.05, 4.69) is 20.8 Å². The van der Waals surface area contributed by atoms with Crippen LogP contribution in [0.5, 0.6) is 0 Å². The lowest BCUT2D eigenvalue weighted by Gasteiger charge is -2.60. The van der Waals surface area contributed by atoms with E-state index in [0.717, 1.165) is 31.6 Å². The van der Waals surface area contributed by atoms with Gasteiger partial charge in [0.05, 0.1) is 12.3 Å². The molecule has 0 aliphatic heterocycles. The predicted octanol–water partition coefficient (Wildman–Crippen LogP) is 2.30. The van der Waals surface area contributed by atoms with E-state index in [1.54, 1.807) is 0 Å². The Kier molecular flexibility index (Phi) is 4.90. The molecule has 1 heterocycles. The quantitative estimate of drug-likeness (QED) is 0.675. The standard InChI is InChI=1S/C17H28N4O2/c1-3-23-15-10-14(17(15)7-5-8-17)20-16(22)18-9-4-6-13-11-19-21-12(13)2/h11,14-15H,3-10H2,1-2H3,(H,19,21)(H2,18,20,22)/t14-,15+/m1/s1. The molecule has 0 saturated heterocycles. The Balaban J connectivity index is 1.36. The lowest BCUT2D eigenvalue weighted by Crippen LogP contribution is -2.68. The Morgan fingerprint density at radius 2 is 2.35 bits per heavy atom. The van der Waals surface area contributed by atoms with Crippen molar-refractivity contribution in [3.05, 3.63) is 17.5 Å². The molecule has 0 unspecified atom stereocenters. The van der Waals surface area contributed by atoms with Crippen molar-refractivity contribution in [2.24, 2.45) is 5.41 Å². The van der Waals surface area contributed by atoms with Crippen LogP contribution in [0.25, 0.3) is 0 Å². The second-order valence-corrected chi connectivity index (χ2v) is 6.84. The van der Waals surface area contributed by atoms with Crippen molar-refractivity contribution < 1.29 is 9.53 Å². The zero-order valence-electron chi connectivity index (χ0n) is 14.2. The van der Waals surface area contributed by atoms with Crippen molar-refractivity contribution >= 4 is 6.03 Å². The number of ether oxygens (including phenoxy) is 1. The van der Waals surface area contributed by atoms with Gasteiger partial charge in [-0.3, -0.25) is 5.10 Å². The minimum Gasteiger partial charge on any atom is -0.378 e. The molecule has 3 rings (SSSR count). The Hall–Kier alpha value is -1.56. The SMILES string of the molecule is CCO[C@H]1C[C@@H](NC(=O)NCCCc2cn[nH]c2C)C12CCC2. The Morgan fingerprint density at radius 1 is 1.52 bits per heavy atom. The molecule has 6 heteroatoms. The fourth-order valence-electron chi connectivity index (χ4n) is 3.96. The van der Waals surface area contributed by atoms with Crippen LogP contribution in [0.15, 0.2) is 6.20 Å². The lowest BCUT2D eigenvalue weighted by atomic mass is 9.51.